The first kappa shape index (κ1) is 11.5. The molecular weight excluding hydrogens is 236 g/mol. The van der Waals surface area contributed by atoms with Gasteiger partial charge in [-0.1, -0.05) is 12.1 Å². The zero-order valence-electron chi connectivity index (χ0n) is 11.2. The summed E-state index contributed by atoms with van der Waals surface area (Å²) in [6, 6.07) is 8.75. The molecule has 100 valence electrons. The molecule has 0 aliphatic carbocycles. The van der Waals surface area contributed by atoms with Gasteiger partial charge in [0.15, 0.2) is 0 Å². The number of nitrogens with one attached hydrogen (secondary N) is 1. The maximum atomic E-state index is 5.61. The molecule has 4 rings (SSSR count). The molecule has 3 nitrogen and oxygen atoms in total. The van der Waals surface area contributed by atoms with Crippen molar-refractivity contribution in [2.75, 3.05) is 26.3 Å². The van der Waals surface area contributed by atoms with Crippen LogP contribution in [0.5, 0.6) is 0 Å². The van der Waals surface area contributed by atoms with Crippen LogP contribution in [0.2, 0.25) is 0 Å². The summed E-state index contributed by atoms with van der Waals surface area (Å²) in [6.45, 7) is 5.41. The molecule has 1 N–H and O–H groups in total. The van der Waals surface area contributed by atoms with Crippen LogP contribution < -0.4 is 0 Å². The second-order valence-electron chi connectivity index (χ2n) is 6.12. The molecule has 1 aromatic carbocycles. The van der Waals surface area contributed by atoms with Gasteiger partial charge in [-0.15, -0.1) is 0 Å². The Labute approximate surface area is 113 Å². The SMILES string of the molecule is c1cc(CN2CCC3(CCOC3)C2)c2cc[nH]c2c1. The fraction of sp³-hybridized carbons (Fsp3) is 0.500. The number of hydrogen-bond donors (Lipinski definition) is 1. The Hall–Kier alpha value is -1.32. The minimum Gasteiger partial charge on any atom is -0.381 e. The molecule has 2 aliphatic rings. The molecule has 1 spiro atoms. The fourth-order valence-corrected chi connectivity index (χ4v) is 3.66. The summed E-state index contributed by atoms with van der Waals surface area (Å²) in [5.41, 5.74) is 3.15. The van der Waals surface area contributed by atoms with Crippen LogP contribution in [0.4, 0.5) is 0 Å². The molecule has 0 amide bonds. The molecule has 0 radical (unpaired) electrons. The third kappa shape index (κ3) is 1.97. The topological polar surface area (TPSA) is 28.3 Å². The summed E-state index contributed by atoms with van der Waals surface area (Å²) in [6.07, 6.45) is 4.58. The number of aromatic nitrogens is 1. The smallest absolute Gasteiger partial charge is 0.0536 e. The lowest BCUT2D eigenvalue weighted by atomic mass is 9.87. The first-order valence-electron chi connectivity index (χ1n) is 7.20. The van der Waals surface area contributed by atoms with Crippen molar-refractivity contribution in [3.63, 3.8) is 0 Å². The molecule has 1 aromatic heterocycles. The highest BCUT2D eigenvalue weighted by atomic mass is 16.5. The molecule has 0 saturated carbocycles. The van der Waals surface area contributed by atoms with Crippen molar-refractivity contribution in [1.29, 1.82) is 0 Å². The molecule has 3 heteroatoms. The highest BCUT2D eigenvalue weighted by Gasteiger charge is 2.41. The summed E-state index contributed by atoms with van der Waals surface area (Å²) >= 11 is 0. The Morgan fingerprint density at radius 1 is 1.26 bits per heavy atom. The summed E-state index contributed by atoms with van der Waals surface area (Å²) in [4.78, 5) is 5.89. The van der Waals surface area contributed by atoms with Gasteiger partial charge in [-0.25, -0.2) is 0 Å². The largest absolute Gasteiger partial charge is 0.381 e. The van der Waals surface area contributed by atoms with Crippen LogP contribution in [0.1, 0.15) is 18.4 Å². The second kappa shape index (κ2) is 4.36. The van der Waals surface area contributed by atoms with Gasteiger partial charge in [-0.2, -0.15) is 0 Å². The van der Waals surface area contributed by atoms with Gasteiger partial charge in [-0.3, -0.25) is 4.90 Å². The number of rotatable bonds is 2. The Kier molecular flexibility index (Phi) is 2.64. The number of aromatic amines is 1. The highest BCUT2D eigenvalue weighted by molar-refractivity contribution is 5.82. The van der Waals surface area contributed by atoms with Crippen molar-refractivity contribution in [1.82, 2.24) is 9.88 Å². The molecule has 2 aliphatic heterocycles. The summed E-state index contributed by atoms with van der Waals surface area (Å²) < 4.78 is 5.61. The number of H-pyrrole nitrogens is 1. The molecule has 2 saturated heterocycles. The van der Waals surface area contributed by atoms with Crippen LogP contribution in [-0.4, -0.2) is 36.2 Å². The molecule has 0 bridgehead atoms. The lowest BCUT2D eigenvalue weighted by Crippen LogP contribution is -2.27. The zero-order chi connectivity index (χ0) is 12.7. The van der Waals surface area contributed by atoms with Crippen LogP contribution in [0.15, 0.2) is 30.5 Å². The van der Waals surface area contributed by atoms with E-state index >= 15 is 0 Å². The van der Waals surface area contributed by atoms with Gasteiger partial charge in [0.2, 0.25) is 0 Å². The van der Waals surface area contributed by atoms with Crippen LogP contribution in [0.25, 0.3) is 10.9 Å². The maximum Gasteiger partial charge on any atom is 0.0536 e. The number of likely N-dealkylation sites (tertiary alicyclic amines) is 1. The first-order valence-corrected chi connectivity index (χ1v) is 7.20. The zero-order valence-corrected chi connectivity index (χ0v) is 11.2. The van der Waals surface area contributed by atoms with Gasteiger partial charge in [0, 0.05) is 42.2 Å². The Bertz CT molecular complexity index is 583. The molecule has 3 heterocycles. The van der Waals surface area contributed by atoms with Gasteiger partial charge in [0.1, 0.15) is 0 Å². The minimum absolute atomic E-state index is 0.464. The maximum absolute atomic E-state index is 5.61. The van der Waals surface area contributed by atoms with E-state index < -0.39 is 0 Å². The number of ether oxygens (including phenoxy) is 1. The van der Waals surface area contributed by atoms with Crippen molar-refractivity contribution in [3.8, 4) is 0 Å². The van der Waals surface area contributed by atoms with E-state index in [9.17, 15) is 0 Å². The van der Waals surface area contributed by atoms with Gasteiger partial charge in [0.25, 0.3) is 0 Å². The molecular formula is C16H20N2O. The Balaban J connectivity index is 1.54. The highest BCUT2D eigenvalue weighted by Crippen LogP contribution is 2.38. The molecule has 19 heavy (non-hydrogen) atoms. The standard InChI is InChI=1S/C16H20N2O/c1-2-13(14-4-7-17-15(14)3-1)10-18-8-5-16(11-18)6-9-19-12-16/h1-4,7,17H,5-6,8-12H2. The normalized spacial score (nSPS) is 27.8. The van der Waals surface area contributed by atoms with E-state index in [1.165, 1.54) is 42.4 Å². The summed E-state index contributed by atoms with van der Waals surface area (Å²) in [5.74, 6) is 0. The molecule has 2 aromatic rings. The lowest BCUT2D eigenvalue weighted by molar-refractivity contribution is 0.151. The van der Waals surface area contributed by atoms with Crippen LogP contribution in [-0.2, 0) is 11.3 Å². The Morgan fingerprint density at radius 2 is 2.26 bits per heavy atom. The number of nitrogens with zero attached hydrogens (tertiary/aromatic N) is 1. The van der Waals surface area contributed by atoms with Crippen LogP contribution >= 0.6 is 0 Å². The van der Waals surface area contributed by atoms with Crippen molar-refractivity contribution in [3.05, 3.63) is 36.0 Å². The van der Waals surface area contributed by atoms with E-state index in [2.05, 4.69) is 34.1 Å². The van der Waals surface area contributed by atoms with E-state index in [4.69, 9.17) is 4.74 Å². The van der Waals surface area contributed by atoms with Crippen LogP contribution in [0, 0.1) is 5.41 Å². The monoisotopic (exact) mass is 256 g/mol. The number of hydrogen-bond acceptors (Lipinski definition) is 2. The Morgan fingerprint density at radius 3 is 3.16 bits per heavy atom. The average Bonchev–Trinajstić information content (AvgIpc) is 3.13. The predicted molar refractivity (Wildman–Crippen MR) is 76.1 cm³/mol. The average molecular weight is 256 g/mol. The quantitative estimate of drug-likeness (QED) is 0.895. The van der Waals surface area contributed by atoms with E-state index in [0.29, 0.717) is 5.41 Å². The second-order valence-corrected chi connectivity index (χ2v) is 6.12. The van der Waals surface area contributed by atoms with E-state index in [0.717, 1.165) is 19.8 Å². The number of fused-ring (bicyclic) bond motifs is 1. The van der Waals surface area contributed by atoms with E-state index in [1.807, 2.05) is 6.20 Å². The summed E-state index contributed by atoms with van der Waals surface area (Å²) in [7, 11) is 0. The molecule has 1 unspecified atom stereocenters. The third-order valence-electron chi connectivity index (χ3n) is 4.78. The predicted octanol–water partition coefficient (Wildman–Crippen LogP) is 2.78. The van der Waals surface area contributed by atoms with Crippen molar-refractivity contribution < 1.29 is 4.74 Å². The van der Waals surface area contributed by atoms with E-state index in [-0.39, 0.29) is 0 Å². The number of benzene rings is 1. The van der Waals surface area contributed by atoms with Crippen LogP contribution in [0.3, 0.4) is 0 Å². The lowest BCUT2D eigenvalue weighted by Gasteiger charge is -2.22. The van der Waals surface area contributed by atoms with Crippen molar-refractivity contribution in [2.45, 2.75) is 19.4 Å². The molecule has 1 atom stereocenters. The third-order valence-corrected chi connectivity index (χ3v) is 4.78. The van der Waals surface area contributed by atoms with Gasteiger partial charge in [-0.05, 0) is 37.1 Å². The van der Waals surface area contributed by atoms with Gasteiger partial charge < -0.3 is 9.72 Å². The summed E-state index contributed by atoms with van der Waals surface area (Å²) in [5, 5.41) is 1.37. The van der Waals surface area contributed by atoms with E-state index in [1.54, 1.807) is 0 Å². The minimum atomic E-state index is 0.464. The molecule has 2 fully saturated rings. The van der Waals surface area contributed by atoms with Gasteiger partial charge >= 0.3 is 0 Å². The van der Waals surface area contributed by atoms with Crippen molar-refractivity contribution in [2.24, 2.45) is 5.41 Å². The first-order chi connectivity index (χ1) is 9.35. The van der Waals surface area contributed by atoms with Gasteiger partial charge in [0.05, 0.1) is 6.61 Å². The van der Waals surface area contributed by atoms with Crippen molar-refractivity contribution >= 4 is 10.9 Å². The fourth-order valence-electron chi connectivity index (χ4n) is 3.66.